The van der Waals surface area contributed by atoms with Crippen LogP contribution in [0.4, 0.5) is 4.39 Å². The summed E-state index contributed by atoms with van der Waals surface area (Å²) in [5, 5.41) is 6.30. The monoisotopic (exact) mass is 357 g/mol. The molecule has 6 nitrogen and oxygen atoms in total. The van der Waals surface area contributed by atoms with Crippen LogP contribution in [0.2, 0.25) is 0 Å². The van der Waals surface area contributed by atoms with E-state index in [0.29, 0.717) is 31.3 Å². The number of benzene rings is 1. The molecule has 1 fully saturated rings. The van der Waals surface area contributed by atoms with Gasteiger partial charge >= 0.3 is 0 Å². The minimum atomic E-state index is -2.90. The van der Waals surface area contributed by atoms with Crippen molar-refractivity contribution in [1.29, 1.82) is 0 Å². The number of aliphatic imine (C=N–C) groups is 1. The summed E-state index contributed by atoms with van der Waals surface area (Å²) in [6, 6.07) is 5.89. The zero-order valence-electron chi connectivity index (χ0n) is 13.8. The Kier molecular flexibility index (Phi) is 6.84. The van der Waals surface area contributed by atoms with Crippen LogP contribution in [0.25, 0.3) is 0 Å². The third kappa shape index (κ3) is 6.35. The maximum Gasteiger partial charge on any atom is 0.191 e. The van der Waals surface area contributed by atoms with E-state index in [1.807, 2.05) is 0 Å². The lowest BCUT2D eigenvalue weighted by Crippen LogP contribution is -2.44. The molecule has 1 unspecified atom stereocenters. The Bertz CT molecular complexity index is 647. The molecule has 8 heteroatoms. The topological polar surface area (TPSA) is 79.8 Å². The molecule has 0 amide bonds. The smallest absolute Gasteiger partial charge is 0.191 e. The number of guanidine groups is 1. The number of rotatable bonds is 7. The highest BCUT2D eigenvalue weighted by atomic mass is 32.2. The minimum absolute atomic E-state index is 0.0667. The van der Waals surface area contributed by atoms with Gasteiger partial charge in [-0.15, -0.1) is 0 Å². The first-order chi connectivity index (χ1) is 11.5. The van der Waals surface area contributed by atoms with E-state index in [9.17, 15) is 12.8 Å². The van der Waals surface area contributed by atoms with E-state index >= 15 is 0 Å². The number of hydrogen-bond acceptors (Lipinski definition) is 4. The van der Waals surface area contributed by atoms with Gasteiger partial charge in [0.1, 0.15) is 11.6 Å². The lowest BCUT2D eigenvalue weighted by Gasteiger charge is -2.16. The van der Waals surface area contributed by atoms with Gasteiger partial charge in [-0.05, 0) is 43.5 Å². The van der Waals surface area contributed by atoms with Gasteiger partial charge in [-0.1, -0.05) is 0 Å². The number of halogens is 1. The molecule has 0 aliphatic carbocycles. The van der Waals surface area contributed by atoms with Gasteiger partial charge in [0, 0.05) is 19.6 Å². The van der Waals surface area contributed by atoms with Gasteiger partial charge in [0.2, 0.25) is 0 Å². The first-order valence-electron chi connectivity index (χ1n) is 8.04. The Morgan fingerprint density at radius 3 is 2.71 bits per heavy atom. The number of unbranched alkanes of at least 4 members (excludes halogenated alkanes) is 1. The van der Waals surface area contributed by atoms with Crippen LogP contribution in [0.15, 0.2) is 29.3 Å². The molecule has 0 aromatic heterocycles. The predicted molar refractivity (Wildman–Crippen MR) is 92.7 cm³/mol. The first-order valence-corrected chi connectivity index (χ1v) is 9.86. The molecule has 24 heavy (non-hydrogen) atoms. The molecule has 1 saturated heterocycles. The first kappa shape index (κ1) is 18.5. The number of nitrogens with one attached hydrogen (secondary N) is 2. The Hall–Kier alpha value is -1.83. The largest absolute Gasteiger partial charge is 0.494 e. The predicted octanol–water partition coefficient (Wildman–Crippen LogP) is 1.34. The zero-order valence-corrected chi connectivity index (χ0v) is 14.6. The zero-order chi connectivity index (χ0) is 17.4. The third-order valence-electron chi connectivity index (χ3n) is 3.74. The van der Waals surface area contributed by atoms with Crippen LogP contribution < -0.4 is 15.4 Å². The van der Waals surface area contributed by atoms with Gasteiger partial charge in [0.05, 0.1) is 18.1 Å². The van der Waals surface area contributed by atoms with E-state index in [4.69, 9.17) is 4.74 Å². The fourth-order valence-electron chi connectivity index (χ4n) is 2.45. The van der Waals surface area contributed by atoms with E-state index in [1.165, 1.54) is 12.1 Å². The fraction of sp³-hybridized carbons (Fsp3) is 0.562. The SMILES string of the molecule is CN=C(NCCCCOc1ccc(F)cc1)NC1CCS(=O)(=O)C1. The summed E-state index contributed by atoms with van der Waals surface area (Å²) >= 11 is 0. The van der Waals surface area contributed by atoms with Crippen LogP contribution in [-0.4, -0.2) is 52.1 Å². The molecule has 134 valence electrons. The average molecular weight is 357 g/mol. The van der Waals surface area contributed by atoms with Crippen molar-refractivity contribution in [2.24, 2.45) is 4.99 Å². The number of sulfone groups is 1. The van der Waals surface area contributed by atoms with Gasteiger partial charge < -0.3 is 15.4 Å². The number of ether oxygens (including phenoxy) is 1. The second kappa shape index (κ2) is 8.86. The molecule has 1 aliphatic rings. The van der Waals surface area contributed by atoms with Gasteiger partial charge in [0.25, 0.3) is 0 Å². The molecule has 0 spiro atoms. The highest BCUT2D eigenvalue weighted by molar-refractivity contribution is 7.91. The summed E-state index contributed by atoms with van der Waals surface area (Å²) in [5.41, 5.74) is 0. The Morgan fingerprint density at radius 1 is 1.33 bits per heavy atom. The van der Waals surface area contributed by atoms with Crippen molar-refractivity contribution in [3.8, 4) is 5.75 Å². The lowest BCUT2D eigenvalue weighted by atomic mass is 10.3. The minimum Gasteiger partial charge on any atom is -0.494 e. The fourth-order valence-corrected chi connectivity index (χ4v) is 4.12. The number of nitrogens with zero attached hydrogens (tertiary/aromatic N) is 1. The normalized spacial score (nSPS) is 19.9. The molecule has 0 saturated carbocycles. The van der Waals surface area contributed by atoms with Crippen LogP contribution >= 0.6 is 0 Å². The number of hydrogen-bond donors (Lipinski definition) is 2. The molecule has 1 aliphatic heterocycles. The summed E-state index contributed by atoms with van der Waals surface area (Å²) in [4.78, 5) is 4.11. The maximum absolute atomic E-state index is 12.8. The van der Waals surface area contributed by atoms with Crippen LogP contribution in [0.5, 0.6) is 5.75 Å². The Morgan fingerprint density at radius 2 is 2.08 bits per heavy atom. The van der Waals surface area contributed by atoms with E-state index in [0.717, 1.165) is 12.8 Å². The molecule has 1 heterocycles. The van der Waals surface area contributed by atoms with E-state index in [-0.39, 0.29) is 23.4 Å². The van der Waals surface area contributed by atoms with Crippen molar-refractivity contribution in [2.75, 3.05) is 31.7 Å². The molecule has 2 N–H and O–H groups in total. The third-order valence-corrected chi connectivity index (χ3v) is 5.51. The van der Waals surface area contributed by atoms with E-state index < -0.39 is 9.84 Å². The summed E-state index contributed by atoms with van der Waals surface area (Å²) in [5.74, 6) is 1.41. The van der Waals surface area contributed by atoms with Crippen molar-refractivity contribution in [1.82, 2.24) is 10.6 Å². The standard InChI is InChI=1S/C16H24FN3O3S/c1-18-16(20-14-8-11-24(21,22)12-14)19-9-2-3-10-23-15-6-4-13(17)5-7-15/h4-7,14H,2-3,8-12H2,1H3,(H2,18,19,20). The van der Waals surface area contributed by atoms with Crippen molar-refractivity contribution in [3.05, 3.63) is 30.1 Å². The quantitative estimate of drug-likeness (QED) is 0.437. The molecule has 1 atom stereocenters. The summed E-state index contributed by atoms with van der Waals surface area (Å²) in [6.07, 6.45) is 2.35. The van der Waals surface area contributed by atoms with Crippen LogP contribution in [0.3, 0.4) is 0 Å². The summed E-state index contributed by atoms with van der Waals surface area (Å²) in [6.45, 7) is 1.27. The molecule has 0 bridgehead atoms. The van der Waals surface area contributed by atoms with Crippen molar-refractivity contribution in [2.45, 2.75) is 25.3 Å². The second-order valence-corrected chi connectivity index (χ2v) is 7.98. The van der Waals surface area contributed by atoms with Crippen LogP contribution in [-0.2, 0) is 9.84 Å². The summed E-state index contributed by atoms with van der Waals surface area (Å²) < 4.78 is 41.2. The highest BCUT2D eigenvalue weighted by Crippen LogP contribution is 2.12. The lowest BCUT2D eigenvalue weighted by molar-refractivity contribution is 0.306. The maximum atomic E-state index is 12.8. The molecule has 1 aromatic rings. The summed E-state index contributed by atoms with van der Waals surface area (Å²) in [7, 11) is -1.23. The van der Waals surface area contributed by atoms with Gasteiger partial charge in [0.15, 0.2) is 15.8 Å². The van der Waals surface area contributed by atoms with Gasteiger partial charge in [-0.25, -0.2) is 12.8 Å². The van der Waals surface area contributed by atoms with Crippen molar-refractivity contribution < 1.29 is 17.5 Å². The van der Waals surface area contributed by atoms with Gasteiger partial charge in [-0.2, -0.15) is 0 Å². The molecule has 2 rings (SSSR count). The Labute approximate surface area is 142 Å². The highest BCUT2D eigenvalue weighted by Gasteiger charge is 2.28. The van der Waals surface area contributed by atoms with Gasteiger partial charge in [-0.3, -0.25) is 4.99 Å². The second-order valence-electron chi connectivity index (χ2n) is 5.75. The molecular weight excluding hydrogens is 333 g/mol. The van der Waals surface area contributed by atoms with Crippen LogP contribution in [0, 0.1) is 5.82 Å². The molecular formula is C16H24FN3O3S. The van der Waals surface area contributed by atoms with Crippen molar-refractivity contribution in [3.63, 3.8) is 0 Å². The van der Waals surface area contributed by atoms with E-state index in [2.05, 4.69) is 15.6 Å². The average Bonchev–Trinajstić information content (AvgIpc) is 2.90. The van der Waals surface area contributed by atoms with E-state index in [1.54, 1.807) is 19.2 Å². The van der Waals surface area contributed by atoms with Crippen molar-refractivity contribution >= 4 is 15.8 Å². The molecule has 0 radical (unpaired) electrons. The van der Waals surface area contributed by atoms with Crippen LogP contribution in [0.1, 0.15) is 19.3 Å². The Balaban J connectivity index is 1.58. The molecule has 1 aromatic carbocycles.